The molecule has 19 heavy (non-hydrogen) atoms. The molecule has 0 aromatic carbocycles. The van der Waals surface area contributed by atoms with Gasteiger partial charge in [-0.15, -0.1) is 0 Å². The van der Waals surface area contributed by atoms with E-state index in [1.54, 1.807) is 23.4 Å². The van der Waals surface area contributed by atoms with Crippen LogP contribution in [0.15, 0.2) is 12.3 Å². The maximum Gasteiger partial charge on any atom is 0.248 e. The topological polar surface area (TPSA) is 67.2 Å². The quantitative estimate of drug-likeness (QED) is 0.842. The van der Waals surface area contributed by atoms with Crippen LogP contribution >= 0.6 is 0 Å². The van der Waals surface area contributed by atoms with Gasteiger partial charge in [-0.25, -0.2) is 0 Å². The van der Waals surface area contributed by atoms with Gasteiger partial charge in [-0.05, 0) is 26.8 Å². The van der Waals surface area contributed by atoms with Crippen molar-refractivity contribution in [2.24, 2.45) is 7.05 Å². The van der Waals surface area contributed by atoms with Gasteiger partial charge in [-0.3, -0.25) is 14.3 Å². The van der Waals surface area contributed by atoms with Crippen LogP contribution in [-0.2, 0) is 23.2 Å². The maximum absolute atomic E-state index is 12.5. The number of rotatable bonds is 2. The van der Waals surface area contributed by atoms with E-state index in [-0.39, 0.29) is 17.9 Å². The van der Waals surface area contributed by atoms with Gasteiger partial charge in [0.05, 0.1) is 12.2 Å². The van der Waals surface area contributed by atoms with Crippen molar-refractivity contribution < 1.29 is 9.59 Å². The van der Waals surface area contributed by atoms with Crippen molar-refractivity contribution >= 4 is 11.8 Å². The minimum absolute atomic E-state index is 0.0727. The number of nitrogens with zero attached hydrogens (tertiary/aromatic N) is 3. The van der Waals surface area contributed by atoms with Gasteiger partial charge in [0, 0.05) is 25.7 Å². The lowest BCUT2D eigenvalue weighted by atomic mass is 10.0. The van der Waals surface area contributed by atoms with Crippen LogP contribution in [0.5, 0.6) is 0 Å². The molecule has 1 N–H and O–H groups in total. The summed E-state index contributed by atoms with van der Waals surface area (Å²) < 4.78 is 1.71. The van der Waals surface area contributed by atoms with Crippen molar-refractivity contribution in [3.05, 3.63) is 18.0 Å². The third kappa shape index (κ3) is 2.77. The molecule has 2 rings (SSSR count). The van der Waals surface area contributed by atoms with Crippen LogP contribution in [0.2, 0.25) is 0 Å². The van der Waals surface area contributed by atoms with Gasteiger partial charge >= 0.3 is 0 Å². The second-order valence-electron chi connectivity index (χ2n) is 5.64. The van der Waals surface area contributed by atoms with Crippen LogP contribution in [0, 0.1) is 0 Å². The Morgan fingerprint density at radius 3 is 2.74 bits per heavy atom. The Labute approximate surface area is 112 Å². The summed E-state index contributed by atoms with van der Waals surface area (Å²) in [5, 5.41) is 7.05. The van der Waals surface area contributed by atoms with E-state index in [1.807, 2.05) is 26.2 Å². The molecular formula is C13H20N4O2. The van der Waals surface area contributed by atoms with Gasteiger partial charge < -0.3 is 10.2 Å². The van der Waals surface area contributed by atoms with E-state index in [4.69, 9.17) is 0 Å². The summed E-state index contributed by atoms with van der Waals surface area (Å²) in [6.07, 6.45) is 2.17. The van der Waals surface area contributed by atoms with E-state index < -0.39 is 5.54 Å². The van der Waals surface area contributed by atoms with Crippen molar-refractivity contribution in [1.29, 1.82) is 0 Å². The average Bonchev–Trinajstić information content (AvgIpc) is 2.66. The normalized spacial score (nSPS) is 23.2. The highest BCUT2D eigenvalue weighted by atomic mass is 16.2. The van der Waals surface area contributed by atoms with Crippen molar-refractivity contribution in [3.8, 4) is 0 Å². The molecule has 2 amide bonds. The lowest BCUT2D eigenvalue weighted by Gasteiger charge is -2.31. The monoisotopic (exact) mass is 264 g/mol. The number of hydrogen-bond donors (Lipinski definition) is 1. The van der Waals surface area contributed by atoms with E-state index >= 15 is 0 Å². The fourth-order valence-corrected chi connectivity index (χ4v) is 2.34. The van der Waals surface area contributed by atoms with Crippen molar-refractivity contribution in [2.45, 2.75) is 45.3 Å². The van der Waals surface area contributed by atoms with Gasteiger partial charge in [0.2, 0.25) is 11.8 Å². The molecule has 1 aromatic heterocycles. The minimum atomic E-state index is -0.864. The summed E-state index contributed by atoms with van der Waals surface area (Å²) in [7, 11) is 1.84. The molecule has 1 fully saturated rings. The summed E-state index contributed by atoms with van der Waals surface area (Å²) >= 11 is 0. The van der Waals surface area contributed by atoms with E-state index in [0.29, 0.717) is 13.0 Å². The van der Waals surface area contributed by atoms with E-state index in [0.717, 1.165) is 5.69 Å². The Kier molecular flexibility index (Phi) is 3.34. The molecule has 6 nitrogen and oxygen atoms in total. The summed E-state index contributed by atoms with van der Waals surface area (Å²) in [5.41, 5.74) is -0.0377. The predicted molar refractivity (Wildman–Crippen MR) is 70.1 cm³/mol. The molecule has 1 saturated heterocycles. The summed E-state index contributed by atoms with van der Waals surface area (Å²) in [6, 6.07) is 1.75. The first-order valence-electron chi connectivity index (χ1n) is 6.40. The number of aromatic nitrogens is 2. The third-order valence-corrected chi connectivity index (χ3v) is 3.36. The number of amides is 2. The first-order chi connectivity index (χ1) is 8.79. The van der Waals surface area contributed by atoms with Crippen LogP contribution in [0.1, 0.15) is 32.9 Å². The van der Waals surface area contributed by atoms with Gasteiger partial charge in [-0.2, -0.15) is 5.10 Å². The molecule has 0 spiro atoms. The second-order valence-corrected chi connectivity index (χ2v) is 5.64. The highest BCUT2D eigenvalue weighted by Gasteiger charge is 2.39. The zero-order valence-corrected chi connectivity index (χ0v) is 11.8. The Balaban J connectivity index is 2.25. The van der Waals surface area contributed by atoms with Crippen LogP contribution in [-0.4, -0.2) is 38.1 Å². The molecule has 6 heteroatoms. The molecule has 0 bridgehead atoms. The number of nitrogens with one attached hydrogen (secondary N) is 1. The van der Waals surface area contributed by atoms with Crippen LogP contribution < -0.4 is 5.32 Å². The van der Waals surface area contributed by atoms with Gasteiger partial charge in [-0.1, -0.05) is 0 Å². The van der Waals surface area contributed by atoms with Crippen molar-refractivity contribution in [1.82, 2.24) is 20.0 Å². The Morgan fingerprint density at radius 2 is 2.16 bits per heavy atom. The number of hydrogen-bond acceptors (Lipinski definition) is 3. The fraction of sp³-hybridized carbons (Fsp3) is 0.615. The largest absolute Gasteiger partial charge is 0.342 e. The smallest absolute Gasteiger partial charge is 0.248 e. The molecule has 1 atom stereocenters. The van der Waals surface area contributed by atoms with Crippen LogP contribution in [0.3, 0.4) is 0 Å². The Hall–Kier alpha value is -1.85. The average molecular weight is 264 g/mol. The highest BCUT2D eigenvalue weighted by molar-refractivity contribution is 5.93. The molecular weight excluding hydrogens is 244 g/mol. The SMILES string of the molecule is CC1CC(=O)NC(C)(C)C(=O)N1Cc1ccn(C)n1. The molecule has 0 aliphatic carbocycles. The fourth-order valence-electron chi connectivity index (χ4n) is 2.34. The summed E-state index contributed by atoms with van der Waals surface area (Å²) in [4.78, 5) is 26.0. The lowest BCUT2D eigenvalue weighted by Crippen LogP contribution is -2.53. The van der Waals surface area contributed by atoms with Gasteiger partial charge in [0.1, 0.15) is 5.54 Å². The number of carbonyl (C=O) groups excluding carboxylic acids is 2. The molecule has 1 aromatic rings. The van der Waals surface area contributed by atoms with Gasteiger partial charge in [0.25, 0.3) is 0 Å². The summed E-state index contributed by atoms with van der Waals surface area (Å²) in [5.74, 6) is -0.161. The number of aryl methyl sites for hydroxylation is 1. The zero-order valence-electron chi connectivity index (χ0n) is 11.8. The van der Waals surface area contributed by atoms with Crippen molar-refractivity contribution in [2.75, 3.05) is 0 Å². The third-order valence-electron chi connectivity index (χ3n) is 3.36. The molecule has 0 radical (unpaired) electrons. The molecule has 1 unspecified atom stereocenters. The van der Waals surface area contributed by atoms with E-state index in [1.165, 1.54) is 0 Å². The van der Waals surface area contributed by atoms with E-state index in [9.17, 15) is 9.59 Å². The van der Waals surface area contributed by atoms with Crippen molar-refractivity contribution in [3.63, 3.8) is 0 Å². The highest BCUT2D eigenvalue weighted by Crippen LogP contribution is 2.20. The molecule has 104 valence electrons. The Morgan fingerprint density at radius 1 is 1.47 bits per heavy atom. The maximum atomic E-state index is 12.5. The Bertz CT molecular complexity index is 506. The lowest BCUT2D eigenvalue weighted by molar-refractivity contribution is -0.139. The second kappa shape index (κ2) is 4.68. The minimum Gasteiger partial charge on any atom is -0.342 e. The standard InChI is InChI=1S/C13H20N4O2/c1-9-7-11(18)14-13(2,3)12(19)17(9)8-10-5-6-16(4)15-10/h5-6,9H,7-8H2,1-4H3,(H,14,18). The van der Waals surface area contributed by atoms with Gasteiger partial charge in [0.15, 0.2) is 0 Å². The van der Waals surface area contributed by atoms with Crippen LogP contribution in [0.25, 0.3) is 0 Å². The molecule has 1 aliphatic heterocycles. The van der Waals surface area contributed by atoms with E-state index in [2.05, 4.69) is 10.4 Å². The summed E-state index contributed by atoms with van der Waals surface area (Å²) in [6.45, 7) is 5.79. The first kappa shape index (κ1) is 13.6. The molecule has 1 aliphatic rings. The molecule has 0 saturated carbocycles. The molecule has 2 heterocycles. The first-order valence-corrected chi connectivity index (χ1v) is 6.40. The zero-order chi connectivity index (χ0) is 14.2. The number of carbonyl (C=O) groups is 2. The van der Waals surface area contributed by atoms with Crippen LogP contribution in [0.4, 0.5) is 0 Å². The predicted octanol–water partition coefficient (Wildman–Crippen LogP) is 0.436.